The van der Waals surface area contributed by atoms with E-state index in [1.807, 2.05) is 0 Å². The van der Waals surface area contributed by atoms with E-state index < -0.39 is 0 Å². The minimum absolute atomic E-state index is 0.676. The second kappa shape index (κ2) is 9.89. The molecule has 0 saturated carbocycles. The lowest BCUT2D eigenvalue weighted by Crippen LogP contribution is -2.10. The van der Waals surface area contributed by atoms with Crippen LogP contribution in [0.25, 0.3) is 10.4 Å². The van der Waals surface area contributed by atoms with Crippen LogP contribution in [0.2, 0.25) is 5.15 Å². The minimum Gasteiger partial charge on any atom is -0.180 e. The minimum atomic E-state index is 0.676. The van der Waals surface area contributed by atoms with E-state index in [9.17, 15) is 0 Å². The van der Waals surface area contributed by atoms with Gasteiger partial charge in [0, 0.05) is 5.56 Å². The molecule has 3 heteroatoms. The first-order valence-electron chi connectivity index (χ1n) is 10.6. The zero-order valence-electron chi connectivity index (χ0n) is 17.6. The number of unbranched alkanes of at least 4 members (excludes halogenated alkanes) is 1. The average molecular weight is 414 g/mol. The number of allylic oxidation sites excluding steroid dienone is 4. The van der Waals surface area contributed by atoms with Crippen molar-refractivity contribution in [1.82, 2.24) is 4.37 Å². The number of benzene rings is 1. The fourth-order valence-electron chi connectivity index (χ4n) is 4.13. The zero-order chi connectivity index (χ0) is 20.1. The highest BCUT2D eigenvalue weighted by molar-refractivity contribution is 7.10. The van der Waals surface area contributed by atoms with Crippen LogP contribution >= 0.6 is 23.1 Å². The third-order valence-electron chi connectivity index (χ3n) is 6.25. The van der Waals surface area contributed by atoms with Crippen molar-refractivity contribution in [2.24, 2.45) is 5.92 Å². The van der Waals surface area contributed by atoms with Crippen LogP contribution in [0.15, 0.2) is 47.1 Å². The number of aryl methyl sites for hydroxylation is 1. The lowest BCUT2D eigenvalue weighted by Gasteiger charge is -2.25. The van der Waals surface area contributed by atoms with Gasteiger partial charge in [-0.1, -0.05) is 74.2 Å². The Kier molecular flexibility index (Phi) is 7.54. The van der Waals surface area contributed by atoms with E-state index in [1.54, 1.807) is 5.57 Å². The topological polar surface area (TPSA) is 12.9 Å². The van der Waals surface area contributed by atoms with Crippen LogP contribution in [0.5, 0.6) is 0 Å². The molecular formula is C25H32ClNS. The number of hydrogen-bond acceptors (Lipinski definition) is 2. The number of rotatable bonds is 8. The van der Waals surface area contributed by atoms with E-state index >= 15 is 0 Å². The van der Waals surface area contributed by atoms with Crippen LogP contribution in [0.1, 0.15) is 70.9 Å². The van der Waals surface area contributed by atoms with Gasteiger partial charge in [-0.3, -0.25) is 0 Å². The van der Waals surface area contributed by atoms with E-state index in [2.05, 4.69) is 62.4 Å². The van der Waals surface area contributed by atoms with Gasteiger partial charge in [-0.15, -0.1) is 0 Å². The van der Waals surface area contributed by atoms with Crippen molar-refractivity contribution in [2.75, 3.05) is 0 Å². The molecule has 1 aliphatic rings. The van der Waals surface area contributed by atoms with E-state index in [4.69, 9.17) is 11.6 Å². The van der Waals surface area contributed by atoms with Crippen molar-refractivity contribution < 1.29 is 0 Å². The van der Waals surface area contributed by atoms with Crippen molar-refractivity contribution >= 4 is 23.1 Å². The van der Waals surface area contributed by atoms with E-state index in [-0.39, 0.29) is 0 Å². The molecular weight excluding hydrogens is 382 g/mol. The first kappa shape index (κ1) is 21.3. The van der Waals surface area contributed by atoms with Gasteiger partial charge < -0.3 is 0 Å². The van der Waals surface area contributed by atoms with Gasteiger partial charge in [-0.25, -0.2) is 0 Å². The fourth-order valence-corrected chi connectivity index (χ4v) is 5.31. The Balaban J connectivity index is 1.73. The molecule has 1 unspecified atom stereocenters. The molecule has 2 aromatic rings. The zero-order valence-corrected chi connectivity index (χ0v) is 19.2. The van der Waals surface area contributed by atoms with Gasteiger partial charge >= 0.3 is 0 Å². The molecule has 3 rings (SSSR count). The Labute approximate surface area is 179 Å². The summed E-state index contributed by atoms with van der Waals surface area (Å²) in [4.78, 5) is 1.23. The SMILES string of the molecule is CCCCC1CC=C(CCc2c(Cl)nsc2-c2ccc(CC)cc2)C(C)=C1C. The number of halogens is 1. The first-order valence-corrected chi connectivity index (χ1v) is 11.8. The van der Waals surface area contributed by atoms with Crippen LogP contribution in [-0.2, 0) is 12.8 Å². The predicted molar refractivity (Wildman–Crippen MR) is 124 cm³/mol. The third-order valence-corrected chi connectivity index (χ3v) is 7.60. The summed E-state index contributed by atoms with van der Waals surface area (Å²) < 4.78 is 4.45. The highest BCUT2D eigenvalue weighted by Gasteiger charge is 2.20. The monoisotopic (exact) mass is 413 g/mol. The largest absolute Gasteiger partial charge is 0.180 e. The van der Waals surface area contributed by atoms with Gasteiger partial charge in [-0.2, -0.15) is 4.37 Å². The quantitative estimate of drug-likeness (QED) is 0.423. The van der Waals surface area contributed by atoms with Crippen molar-refractivity contribution in [2.45, 2.75) is 72.6 Å². The molecule has 0 saturated heterocycles. The van der Waals surface area contributed by atoms with E-state index in [0.717, 1.165) is 25.2 Å². The van der Waals surface area contributed by atoms with Crippen molar-refractivity contribution in [3.63, 3.8) is 0 Å². The summed E-state index contributed by atoms with van der Waals surface area (Å²) in [7, 11) is 0. The Bertz CT molecular complexity index is 857. The van der Waals surface area contributed by atoms with Crippen LogP contribution < -0.4 is 0 Å². The van der Waals surface area contributed by atoms with Gasteiger partial charge in [-0.05, 0) is 85.7 Å². The fraction of sp³-hybridized carbons (Fsp3) is 0.480. The summed E-state index contributed by atoms with van der Waals surface area (Å²) >= 11 is 8.01. The maximum Gasteiger partial charge on any atom is 0.146 e. The second-order valence-electron chi connectivity index (χ2n) is 7.94. The highest BCUT2D eigenvalue weighted by Crippen LogP contribution is 2.38. The molecule has 1 aliphatic carbocycles. The molecule has 28 heavy (non-hydrogen) atoms. The van der Waals surface area contributed by atoms with Crippen LogP contribution in [0.4, 0.5) is 0 Å². The van der Waals surface area contributed by atoms with Crippen LogP contribution in [0.3, 0.4) is 0 Å². The molecule has 0 N–H and O–H groups in total. The van der Waals surface area contributed by atoms with Gasteiger partial charge in [0.25, 0.3) is 0 Å². The van der Waals surface area contributed by atoms with E-state index in [1.165, 1.54) is 69.9 Å². The molecule has 1 nitrogen and oxygen atoms in total. The van der Waals surface area contributed by atoms with Gasteiger partial charge in [0.05, 0.1) is 4.88 Å². The normalized spacial score (nSPS) is 17.2. The summed E-state index contributed by atoms with van der Waals surface area (Å²) in [5.41, 5.74) is 8.39. The molecule has 0 aliphatic heterocycles. The van der Waals surface area contributed by atoms with Gasteiger partial charge in [0.1, 0.15) is 5.15 Å². The van der Waals surface area contributed by atoms with Gasteiger partial charge in [0.2, 0.25) is 0 Å². The summed E-state index contributed by atoms with van der Waals surface area (Å²) in [6.45, 7) is 9.11. The Morgan fingerprint density at radius 3 is 2.54 bits per heavy atom. The molecule has 0 amide bonds. The molecule has 1 heterocycles. The smallest absolute Gasteiger partial charge is 0.146 e. The molecule has 1 aromatic carbocycles. The lowest BCUT2D eigenvalue weighted by atomic mass is 9.80. The molecule has 1 atom stereocenters. The second-order valence-corrected chi connectivity index (χ2v) is 9.08. The lowest BCUT2D eigenvalue weighted by molar-refractivity contribution is 0.522. The summed E-state index contributed by atoms with van der Waals surface area (Å²) in [6, 6.07) is 8.84. The number of hydrogen-bond donors (Lipinski definition) is 0. The standard InChI is InChI=1S/C25H32ClNS/c1-5-7-8-20-13-14-21(18(4)17(20)3)15-16-23-24(28-27-25(23)26)22-11-9-19(6-2)10-12-22/h9-12,14,20H,5-8,13,15-16H2,1-4H3. The maximum atomic E-state index is 6.48. The van der Waals surface area contributed by atoms with Crippen molar-refractivity contribution in [1.29, 1.82) is 0 Å². The first-order chi connectivity index (χ1) is 13.5. The number of aromatic nitrogens is 1. The maximum absolute atomic E-state index is 6.48. The van der Waals surface area contributed by atoms with Crippen LogP contribution in [-0.4, -0.2) is 4.37 Å². The highest BCUT2D eigenvalue weighted by atomic mass is 35.5. The van der Waals surface area contributed by atoms with Crippen molar-refractivity contribution in [3.05, 3.63) is 63.3 Å². The van der Waals surface area contributed by atoms with Crippen molar-refractivity contribution in [3.8, 4) is 10.4 Å². The molecule has 150 valence electrons. The molecule has 0 spiro atoms. The average Bonchev–Trinajstić information content (AvgIpc) is 3.09. The summed E-state index contributed by atoms with van der Waals surface area (Å²) in [6.07, 6.45) is 10.7. The predicted octanol–water partition coefficient (Wildman–Crippen LogP) is 8.43. The molecule has 0 fully saturated rings. The van der Waals surface area contributed by atoms with Crippen LogP contribution in [0, 0.1) is 5.92 Å². The van der Waals surface area contributed by atoms with Gasteiger partial charge in [0.15, 0.2) is 0 Å². The number of nitrogens with zero attached hydrogens (tertiary/aromatic N) is 1. The molecule has 0 bridgehead atoms. The molecule has 1 aromatic heterocycles. The summed E-state index contributed by atoms with van der Waals surface area (Å²) in [5.74, 6) is 0.739. The van der Waals surface area contributed by atoms with E-state index in [0.29, 0.717) is 5.15 Å². The molecule has 0 radical (unpaired) electrons. The Hall–Kier alpha value is -1.38. The third kappa shape index (κ3) is 4.78. The Morgan fingerprint density at radius 1 is 1.11 bits per heavy atom. The Morgan fingerprint density at radius 2 is 1.86 bits per heavy atom. The summed E-state index contributed by atoms with van der Waals surface area (Å²) in [5, 5.41) is 0.676.